The van der Waals surface area contributed by atoms with E-state index in [1.54, 1.807) is 0 Å². The Morgan fingerprint density at radius 1 is 1.06 bits per heavy atom. The van der Waals surface area contributed by atoms with Gasteiger partial charge in [0.1, 0.15) is 0 Å². The monoisotopic (exact) mass is 241 g/mol. The summed E-state index contributed by atoms with van der Waals surface area (Å²) < 4.78 is 5.68. The van der Waals surface area contributed by atoms with Gasteiger partial charge in [-0.1, -0.05) is 40.5 Å². The summed E-state index contributed by atoms with van der Waals surface area (Å²) >= 11 is 0. The van der Waals surface area contributed by atoms with Crippen LogP contribution >= 0.6 is 0 Å². The van der Waals surface area contributed by atoms with E-state index in [0.29, 0.717) is 5.92 Å². The van der Waals surface area contributed by atoms with E-state index in [9.17, 15) is 0 Å². The Bertz CT molecular complexity index is 185. The van der Waals surface area contributed by atoms with Crippen molar-refractivity contribution in [2.45, 2.75) is 47.0 Å². The van der Waals surface area contributed by atoms with E-state index in [4.69, 9.17) is 4.74 Å². The first-order chi connectivity index (χ1) is 8.08. The van der Waals surface area contributed by atoms with E-state index in [1.807, 2.05) is 0 Å². The lowest BCUT2D eigenvalue weighted by atomic mass is 10.00. The maximum absolute atomic E-state index is 5.68. The van der Waals surface area contributed by atoms with E-state index in [1.165, 1.54) is 38.9 Å². The van der Waals surface area contributed by atoms with E-state index in [-0.39, 0.29) is 0 Å². The molecule has 1 fully saturated rings. The number of hydrogen-bond acceptors (Lipinski definition) is 2. The molecule has 0 radical (unpaired) electrons. The summed E-state index contributed by atoms with van der Waals surface area (Å²) in [6.45, 7) is 14.8. The van der Waals surface area contributed by atoms with Crippen LogP contribution in [-0.4, -0.2) is 37.7 Å². The second kappa shape index (κ2) is 8.10. The van der Waals surface area contributed by atoms with Crippen molar-refractivity contribution in [3.05, 3.63) is 0 Å². The second-order valence-electron chi connectivity index (χ2n) is 6.45. The van der Waals surface area contributed by atoms with Gasteiger partial charge in [0.25, 0.3) is 0 Å². The van der Waals surface area contributed by atoms with Crippen LogP contribution in [0.4, 0.5) is 0 Å². The average Bonchev–Trinajstić information content (AvgIpc) is 2.17. The largest absolute Gasteiger partial charge is 0.381 e. The Labute approximate surface area is 108 Å². The van der Waals surface area contributed by atoms with Crippen LogP contribution in [-0.2, 0) is 4.74 Å². The zero-order chi connectivity index (χ0) is 12.7. The fourth-order valence-corrected chi connectivity index (χ4v) is 2.32. The van der Waals surface area contributed by atoms with Crippen LogP contribution in [0.5, 0.6) is 0 Å². The Morgan fingerprint density at radius 3 is 2.35 bits per heavy atom. The fraction of sp³-hybridized carbons (Fsp3) is 1.00. The molecule has 0 N–H and O–H groups in total. The molecule has 2 nitrogen and oxygen atoms in total. The molecule has 0 unspecified atom stereocenters. The van der Waals surface area contributed by atoms with Crippen LogP contribution < -0.4 is 0 Å². The van der Waals surface area contributed by atoms with E-state index >= 15 is 0 Å². The van der Waals surface area contributed by atoms with Gasteiger partial charge in [0.2, 0.25) is 0 Å². The van der Waals surface area contributed by atoms with E-state index in [2.05, 4.69) is 32.6 Å². The first kappa shape index (κ1) is 15.0. The standard InChI is InChI=1S/C15H31NO/c1-13(2)7-5-6-8-16-9-15(10-16)12-17-11-14(3)4/h13-15H,5-12H2,1-4H3. The van der Waals surface area contributed by atoms with Crippen molar-refractivity contribution in [2.75, 3.05) is 32.8 Å². The number of ether oxygens (including phenoxy) is 1. The summed E-state index contributed by atoms with van der Waals surface area (Å²) in [5, 5.41) is 0. The molecule has 0 aromatic heterocycles. The quantitative estimate of drug-likeness (QED) is 0.574. The minimum Gasteiger partial charge on any atom is -0.381 e. The molecule has 0 saturated carbocycles. The van der Waals surface area contributed by atoms with Crippen molar-refractivity contribution in [1.82, 2.24) is 4.90 Å². The van der Waals surface area contributed by atoms with Crippen LogP contribution in [0.1, 0.15) is 47.0 Å². The molecule has 0 atom stereocenters. The molecule has 2 heteroatoms. The first-order valence-corrected chi connectivity index (χ1v) is 7.38. The highest BCUT2D eigenvalue weighted by Crippen LogP contribution is 2.17. The maximum atomic E-state index is 5.68. The van der Waals surface area contributed by atoms with Crippen molar-refractivity contribution in [1.29, 1.82) is 0 Å². The van der Waals surface area contributed by atoms with Gasteiger partial charge in [-0.15, -0.1) is 0 Å². The molecule has 0 aliphatic carbocycles. The SMILES string of the molecule is CC(C)CCCCN1CC(COCC(C)C)C1. The number of hydrogen-bond donors (Lipinski definition) is 0. The molecule has 1 aliphatic heterocycles. The Morgan fingerprint density at radius 2 is 1.76 bits per heavy atom. The normalized spacial score (nSPS) is 18.0. The van der Waals surface area contributed by atoms with Crippen molar-refractivity contribution >= 4 is 0 Å². The summed E-state index contributed by atoms with van der Waals surface area (Å²) in [5.41, 5.74) is 0. The summed E-state index contributed by atoms with van der Waals surface area (Å²) in [6, 6.07) is 0. The third-order valence-corrected chi connectivity index (χ3v) is 3.34. The second-order valence-corrected chi connectivity index (χ2v) is 6.45. The van der Waals surface area contributed by atoms with E-state index < -0.39 is 0 Å². The summed E-state index contributed by atoms with van der Waals surface area (Å²) in [7, 11) is 0. The molecule has 17 heavy (non-hydrogen) atoms. The van der Waals surface area contributed by atoms with Crippen LogP contribution in [0.25, 0.3) is 0 Å². The Balaban J connectivity index is 1.86. The molecule has 0 spiro atoms. The first-order valence-electron chi connectivity index (χ1n) is 7.38. The van der Waals surface area contributed by atoms with Gasteiger partial charge in [0.15, 0.2) is 0 Å². The van der Waals surface area contributed by atoms with Gasteiger partial charge in [0, 0.05) is 25.6 Å². The zero-order valence-electron chi connectivity index (χ0n) is 12.2. The molecule has 1 aliphatic rings. The third kappa shape index (κ3) is 7.05. The molecule has 102 valence electrons. The Kier molecular flexibility index (Phi) is 7.14. The zero-order valence-corrected chi connectivity index (χ0v) is 12.2. The van der Waals surface area contributed by atoms with Crippen molar-refractivity contribution in [3.63, 3.8) is 0 Å². The van der Waals surface area contributed by atoms with Crippen LogP contribution in [0.3, 0.4) is 0 Å². The average molecular weight is 241 g/mol. The van der Waals surface area contributed by atoms with Gasteiger partial charge in [-0.25, -0.2) is 0 Å². The summed E-state index contributed by atoms with van der Waals surface area (Å²) in [6.07, 6.45) is 4.15. The number of nitrogens with zero attached hydrogens (tertiary/aromatic N) is 1. The molecule has 1 rings (SSSR count). The number of likely N-dealkylation sites (tertiary alicyclic amines) is 1. The topological polar surface area (TPSA) is 12.5 Å². The highest BCUT2D eigenvalue weighted by atomic mass is 16.5. The van der Waals surface area contributed by atoms with Gasteiger partial charge < -0.3 is 9.64 Å². The molecule has 1 heterocycles. The smallest absolute Gasteiger partial charge is 0.0518 e. The van der Waals surface area contributed by atoms with Gasteiger partial charge in [-0.05, 0) is 24.8 Å². The van der Waals surface area contributed by atoms with Gasteiger partial charge in [0.05, 0.1) is 6.61 Å². The van der Waals surface area contributed by atoms with Crippen LogP contribution in [0, 0.1) is 17.8 Å². The highest BCUT2D eigenvalue weighted by molar-refractivity contribution is 4.79. The lowest BCUT2D eigenvalue weighted by Crippen LogP contribution is -2.48. The highest BCUT2D eigenvalue weighted by Gasteiger charge is 2.25. The minimum absolute atomic E-state index is 0.669. The van der Waals surface area contributed by atoms with Crippen LogP contribution in [0.2, 0.25) is 0 Å². The lowest BCUT2D eigenvalue weighted by molar-refractivity contribution is 0.00599. The molecule has 1 saturated heterocycles. The summed E-state index contributed by atoms with van der Waals surface area (Å²) in [4.78, 5) is 2.57. The lowest BCUT2D eigenvalue weighted by Gasteiger charge is -2.39. The molecular formula is C15H31NO. The Hall–Kier alpha value is -0.0800. The third-order valence-electron chi connectivity index (χ3n) is 3.34. The molecule has 0 aromatic rings. The van der Waals surface area contributed by atoms with Gasteiger partial charge >= 0.3 is 0 Å². The van der Waals surface area contributed by atoms with Gasteiger partial charge in [-0.2, -0.15) is 0 Å². The molecule has 0 bridgehead atoms. The van der Waals surface area contributed by atoms with Crippen molar-refractivity contribution < 1.29 is 4.74 Å². The van der Waals surface area contributed by atoms with Crippen LogP contribution in [0.15, 0.2) is 0 Å². The molecule has 0 amide bonds. The minimum atomic E-state index is 0.669. The summed E-state index contributed by atoms with van der Waals surface area (Å²) in [5.74, 6) is 2.34. The maximum Gasteiger partial charge on any atom is 0.0518 e. The predicted molar refractivity (Wildman–Crippen MR) is 74.3 cm³/mol. The number of rotatable bonds is 9. The number of unbranched alkanes of at least 4 members (excludes halogenated alkanes) is 1. The van der Waals surface area contributed by atoms with E-state index in [0.717, 1.165) is 25.0 Å². The predicted octanol–water partition coefficient (Wildman–Crippen LogP) is 3.42. The molecular weight excluding hydrogens is 210 g/mol. The molecule has 0 aromatic carbocycles. The fourth-order valence-electron chi connectivity index (χ4n) is 2.32. The van der Waals surface area contributed by atoms with Crippen molar-refractivity contribution in [3.8, 4) is 0 Å². The van der Waals surface area contributed by atoms with Crippen molar-refractivity contribution in [2.24, 2.45) is 17.8 Å². The van der Waals surface area contributed by atoms with Gasteiger partial charge in [-0.3, -0.25) is 0 Å².